The Morgan fingerprint density at radius 2 is 1.48 bits per heavy atom. The fourth-order valence-corrected chi connectivity index (χ4v) is 4.81. The van der Waals surface area contributed by atoms with Crippen molar-refractivity contribution in [1.82, 2.24) is 10.2 Å². The van der Waals surface area contributed by atoms with Crippen LogP contribution in [0.25, 0.3) is 0 Å². The van der Waals surface area contributed by atoms with E-state index in [9.17, 15) is 14.4 Å². The predicted molar refractivity (Wildman–Crippen MR) is 129 cm³/mol. The Hall–Kier alpha value is -3.15. The first kappa shape index (κ1) is 23.0. The zero-order valence-corrected chi connectivity index (χ0v) is 19.3. The summed E-state index contributed by atoms with van der Waals surface area (Å²) < 4.78 is 0. The fourth-order valence-electron chi connectivity index (χ4n) is 4.81. The van der Waals surface area contributed by atoms with Crippen molar-refractivity contribution in [3.05, 3.63) is 65.2 Å². The van der Waals surface area contributed by atoms with Crippen LogP contribution in [0.3, 0.4) is 0 Å². The maximum Gasteiger partial charge on any atom is 0.225 e. The zero-order valence-electron chi connectivity index (χ0n) is 19.3. The molecule has 2 heterocycles. The van der Waals surface area contributed by atoms with E-state index in [1.54, 1.807) is 0 Å². The molecule has 0 spiro atoms. The smallest absolute Gasteiger partial charge is 0.225 e. The number of likely N-dealkylation sites (tertiary alicyclic amines) is 1. The lowest BCUT2D eigenvalue weighted by Gasteiger charge is -2.37. The number of piperidine rings is 2. The molecule has 1 N–H and O–H groups in total. The van der Waals surface area contributed by atoms with E-state index in [-0.39, 0.29) is 23.7 Å². The molecule has 174 valence electrons. The summed E-state index contributed by atoms with van der Waals surface area (Å²) in [5.74, 6) is 0.374. The zero-order chi connectivity index (χ0) is 23.2. The molecule has 2 amide bonds. The largest absolute Gasteiger partial charge is 0.371 e. The lowest BCUT2D eigenvalue weighted by Crippen LogP contribution is -2.47. The molecule has 2 fully saturated rings. The first-order valence-corrected chi connectivity index (χ1v) is 12.0. The Labute approximate surface area is 196 Å². The van der Waals surface area contributed by atoms with Gasteiger partial charge >= 0.3 is 0 Å². The maximum absolute atomic E-state index is 13.1. The number of anilines is 1. The summed E-state index contributed by atoms with van der Waals surface area (Å²) in [6, 6.07) is 15.8. The normalized spacial score (nSPS) is 17.6. The lowest BCUT2D eigenvalue weighted by atomic mass is 9.91. The van der Waals surface area contributed by atoms with Crippen molar-refractivity contribution >= 4 is 23.8 Å². The first-order chi connectivity index (χ1) is 16.0. The van der Waals surface area contributed by atoms with Gasteiger partial charge < -0.3 is 15.1 Å². The van der Waals surface area contributed by atoms with Gasteiger partial charge in [-0.1, -0.05) is 29.8 Å². The third-order valence-corrected chi connectivity index (χ3v) is 7.00. The molecule has 0 atom stereocenters. The van der Waals surface area contributed by atoms with Crippen molar-refractivity contribution in [2.45, 2.75) is 39.2 Å². The predicted octanol–water partition coefficient (Wildman–Crippen LogP) is 3.58. The Morgan fingerprint density at radius 1 is 0.879 bits per heavy atom. The summed E-state index contributed by atoms with van der Waals surface area (Å²) in [6.07, 6.45) is 3.99. The van der Waals surface area contributed by atoms with Gasteiger partial charge in [-0.15, -0.1) is 0 Å². The van der Waals surface area contributed by atoms with E-state index < -0.39 is 0 Å². The summed E-state index contributed by atoms with van der Waals surface area (Å²) in [5, 5.41) is 3.06. The first-order valence-electron chi connectivity index (χ1n) is 12.0. The Balaban J connectivity index is 1.20. The minimum Gasteiger partial charge on any atom is -0.371 e. The molecule has 2 saturated heterocycles. The van der Waals surface area contributed by atoms with Crippen LogP contribution in [0.2, 0.25) is 0 Å². The van der Waals surface area contributed by atoms with Crippen LogP contribution >= 0.6 is 0 Å². The van der Waals surface area contributed by atoms with E-state index in [0.717, 1.165) is 56.3 Å². The Morgan fingerprint density at radius 3 is 2.09 bits per heavy atom. The second-order valence-electron chi connectivity index (χ2n) is 9.27. The van der Waals surface area contributed by atoms with Crippen molar-refractivity contribution in [1.29, 1.82) is 0 Å². The molecule has 0 unspecified atom stereocenters. The molecular formula is C27H33N3O3. The molecule has 0 radical (unpaired) electrons. The van der Waals surface area contributed by atoms with Crippen molar-refractivity contribution < 1.29 is 14.4 Å². The number of carbonyl (C=O) groups is 3. The average Bonchev–Trinajstić information content (AvgIpc) is 2.88. The van der Waals surface area contributed by atoms with Crippen LogP contribution in [-0.2, 0) is 16.1 Å². The van der Waals surface area contributed by atoms with Crippen LogP contribution in [-0.4, -0.2) is 49.2 Å². The third kappa shape index (κ3) is 5.81. The van der Waals surface area contributed by atoms with Crippen LogP contribution in [0, 0.1) is 18.8 Å². The van der Waals surface area contributed by atoms with Gasteiger partial charge in [0.25, 0.3) is 0 Å². The van der Waals surface area contributed by atoms with Crippen LogP contribution in [0.4, 0.5) is 5.69 Å². The number of carbonyl (C=O) groups excluding carboxylic acids is 3. The van der Waals surface area contributed by atoms with Gasteiger partial charge in [0.15, 0.2) is 0 Å². The SMILES string of the molecule is Cc1ccc(CNC(=O)C2CCN(C(=O)C3CCN(c4ccc(C=O)cc4)CC3)CC2)cc1. The highest BCUT2D eigenvalue weighted by atomic mass is 16.2. The molecular weight excluding hydrogens is 414 g/mol. The molecule has 6 nitrogen and oxygen atoms in total. The van der Waals surface area contributed by atoms with E-state index >= 15 is 0 Å². The number of nitrogens with zero attached hydrogens (tertiary/aromatic N) is 2. The summed E-state index contributed by atoms with van der Waals surface area (Å²) in [5.41, 5.74) is 4.09. The molecule has 2 aliphatic heterocycles. The molecule has 4 rings (SSSR count). The van der Waals surface area contributed by atoms with Crippen LogP contribution < -0.4 is 10.2 Å². The maximum atomic E-state index is 13.1. The van der Waals surface area contributed by atoms with Crippen LogP contribution in [0.1, 0.15) is 47.2 Å². The van der Waals surface area contributed by atoms with Crippen LogP contribution in [0.5, 0.6) is 0 Å². The van der Waals surface area contributed by atoms with E-state index in [0.29, 0.717) is 25.2 Å². The number of hydrogen-bond donors (Lipinski definition) is 1. The van der Waals surface area contributed by atoms with Gasteiger partial charge in [0.2, 0.25) is 11.8 Å². The van der Waals surface area contributed by atoms with Gasteiger partial charge in [-0.25, -0.2) is 0 Å². The lowest BCUT2D eigenvalue weighted by molar-refractivity contribution is -0.139. The number of aryl methyl sites for hydroxylation is 1. The summed E-state index contributed by atoms with van der Waals surface area (Å²) >= 11 is 0. The minimum absolute atomic E-state index is 0.0179. The molecule has 0 saturated carbocycles. The van der Waals surface area contributed by atoms with Gasteiger partial charge in [-0.05, 0) is 62.4 Å². The van der Waals surface area contributed by atoms with E-state index in [1.807, 2.05) is 41.3 Å². The second-order valence-corrected chi connectivity index (χ2v) is 9.27. The number of hydrogen-bond acceptors (Lipinski definition) is 4. The Bertz CT molecular complexity index is 955. The number of benzene rings is 2. The number of aldehydes is 1. The standard InChI is InChI=1S/C27H33N3O3/c1-20-2-4-21(5-3-20)18-28-26(32)23-10-16-30(17-11-23)27(33)24-12-14-29(15-13-24)25-8-6-22(19-31)7-9-25/h2-9,19,23-24H,10-18H2,1H3,(H,28,32). The summed E-state index contributed by atoms with van der Waals surface area (Å²) in [6.45, 7) is 5.61. The number of nitrogens with one attached hydrogen (secondary N) is 1. The number of rotatable bonds is 6. The fraction of sp³-hybridized carbons (Fsp3) is 0.444. The van der Waals surface area contributed by atoms with Gasteiger partial charge in [-0.3, -0.25) is 14.4 Å². The third-order valence-electron chi connectivity index (χ3n) is 7.00. The van der Waals surface area contributed by atoms with Crippen LogP contribution in [0.15, 0.2) is 48.5 Å². The molecule has 0 aliphatic carbocycles. The van der Waals surface area contributed by atoms with Gasteiger partial charge in [0, 0.05) is 55.8 Å². The Kier molecular flexibility index (Phi) is 7.43. The molecule has 6 heteroatoms. The number of amides is 2. The highest BCUT2D eigenvalue weighted by Crippen LogP contribution is 2.27. The quantitative estimate of drug-likeness (QED) is 0.688. The van der Waals surface area contributed by atoms with E-state index in [2.05, 4.69) is 29.3 Å². The molecule has 0 bridgehead atoms. The van der Waals surface area contributed by atoms with E-state index in [4.69, 9.17) is 0 Å². The van der Waals surface area contributed by atoms with Crippen molar-refractivity contribution in [3.63, 3.8) is 0 Å². The molecule has 0 aromatic heterocycles. The van der Waals surface area contributed by atoms with Gasteiger partial charge in [0.1, 0.15) is 6.29 Å². The van der Waals surface area contributed by atoms with Gasteiger partial charge in [-0.2, -0.15) is 0 Å². The molecule has 2 aromatic carbocycles. The average molecular weight is 448 g/mol. The molecule has 33 heavy (non-hydrogen) atoms. The topological polar surface area (TPSA) is 69.7 Å². The summed E-state index contributed by atoms with van der Waals surface area (Å²) in [4.78, 5) is 40.7. The monoisotopic (exact) mass is 447 g/mol. The molecule has 2 aromatic rings. The highest BCUT2D eigenvalue weighted by molar-refractivity contribution is 5.81. The van der Waals surface area contributed by atoms with E-state index in [1.165, 1.54) is 5.56 Å². The van der Waals surface area contributed by atoms with Crippen molar-refractivity contribution in [2.75, 3.05) is 31.1 Å². The van der Waals surface area contributed by atoms with Gasteiger partial charge in [0.05, 0.1) is 0 Å². The minimum atomic E-state index is -0.0179. The van der Waals surface area contributed by atoms with Crippen molar-refractivity contribution in [2.24, 2.45) is 11.8 Å². The summed E-state index contributed by atoms with van der Waals surface area (Å²) in [7, 11) is 0. The highest BCUT2D eigenvalue weighted by Gasteiger charge is 2.32. The van der Waals surface area contributed by atoms with Crippen molar-refractivity contribution in [3.8, 4) is 0 Å². The second kappa shape index (κ2) is 10.6. The molecule has 2 aliphatic rings.